The van der Waals surface area contributed by atoms with Crippen molar-refractivity contribution in [1.82, 2.24) is 4.98 Å². The number of amides is 1. The number of aromatic nitrogens is 1. The van der Waals surface area contributed by atoms with Crippen molar-refractivity contribution in [2.24, 2.45) is 0 Å². The largest absolute Gasteiger partial charge is 0.462 e. The summed E-state index contributed by atoms with van der Waals surface area (Å²) in [6.45, 7) is 4.03. The number of carbonyl (C=O) groups is 2. The molecule has 2 aromatic rings. The van der Waals surface area contributed by atoms with Crippen LogP contribution in [0.1, 0.15) is 37.0 Å². The first kappa shape index (κ1) is 17.5. The van der Waals surface area contributed by atoms with E-state index in [1.54, 1.807) is 43.5 Å². The zero-order valence-electron chi connectivity index (χ0n) is 13.8. The third-order valence-corrected chi connectivity index (χ3v) is 3.21. The van der Waals surface area contributed by atoms with Crippen molar-refractivity contribution < 1.29 is 14.3 Å². The first-order chi connectivity index (χ1) is 11.6. The molecule has 2 rings (SSSR count). The molecule has 1 heterocycles. The Labute approximate surface area is 141 Å². The third kappa shape index (κ3) is 4.81. The molecule has 0 bridgehead atoms. The average molecular weight is 327 g/mol. The highest BCUT2D eigenvalue weighted by molar-refractivity contribution is 5.96. The molecule has 6 heteroatoms. The van der Waals surface area contributed by atoms with E-state index in [1.165, 1.54) is 0 Å². The molecule has 6 nitrogen and oxygen atoms in total. The van der Waals surface area contributed by atoms with Gasteiger partial charge in [0, 0.05) is 6.42 Å². The lowest BCUT2D eigenvalue weighted by molar-refractivity contribution is -0.116. The number of nitrogens with one attached hydrogen (secondary N) is 2. The molecule has 0 aliphatic rings. The molecule has 0 aliphatic carbocycles. The molecule has 24 heavy (non-hydrogen) atoms. The number of rotatable bonds is 7. The van der Waals surface area contributed by atoms with E-state index in [1.807, 2.05) is 13.0 Å². The van der Waals surface area contributed by atoms with E-state index in [9.17, 15) is 9.59 Å². The molecule has 2 N–H and O–H groups in total. The van der Waals surface area contributed by atoms with Crippen LogP contribution in [-0.4, -0.2) is 23.5 Å². The maximum atomic E-state index is 12.0. The molecule has 0 fully saturated rings. The highest BCUT2D eigenvalue weighted by Gasteiger charge is 2.12. The fraction of sp³-hybridized carbons (Fsp3) is 0.278. The number of esters is 1. The van der Waals surface area contributed by atoms with Gasteiger partial charge >= 0.3 is 5.97 Å². The number of anilines is 3. The number of benzene rings is 1. The van der Waals surface area contributed by atoms with Crippen LogP contribution in [0.5, 0.6) is 0 Å². The summed E-state index contributed by atoms with van der Waals surface area (Å²) in [4.78, 5) is 27.7. The molecule has 0 saturated heterocycles. The van der Waals surface area contributed by atoms with Crippen LogP contribution in [0.15, 0.2) is 42.6 Å². The minimum absolute atomic E-state index is 0.0571. The van der Waals surface area contributed by atoms with Gasteiger partial charge in [0.15, 0.2) is 0 Å². The van der Waals surface area contributed by atoms with Gasteiger partial charge in [-0.25, -0.2) is 9.78 Å². The molecule has 1 amide bonds. The Hall–Kier alpha value is -2.89. The second-order valence-corrected chi connectivity index (χ2v) is 5.12. The lowest BCUT2D eigenvalue weighted by Gasteiger charge is -2.11. The minimum Gasteiger partial charge on any atom is -0.462 e. The highest BCUT2D eigenvalue weighted by atomic mass is 16.5. The molecular formula is C18H21N3O3. The second-order valence-electron chi connectivity index (χ2n) is 5.12. The smallest absolute Gasteiger partial charge is 0.340 e. The SMILES string of the molecule is CCCC(=O)Nc1ccc(Nc2ccccc2C(=O)OCC)cn1. The standard InChI is InChI=1S/C18H21N3O3/c1-3-7-17(22)21-16-11-10-13(12-19-16)20-15-9-6-5-8-14(15)18(23)24-4-2/h5-6,8-12,20H,3-4,7H2,1-2H3,(H,19,21,22). The number of pyridine rings is 1. The molecule has 1 aromatic carbocycles. The maximum absolute atomic E-state index is 12.0. The van der Waals surface area contributed by atoms with Crippen molar-refractivity contribution in [2.45, 2.75) is 26.7 Å². The van der Waals surface area contributed by atoms with Crippen molar-refractivity contribution in [3.8, 4) is 0 Å². The van der Waals surface area contributed by atoms with Gasteiger partial charge in [-0.2, -0.15) is 0 Å². The van der Waals surface area contributed by atoms with Gasteiger partial charge < -0.3 is 15.4 Å². The molecule has 0 spiro atoms. The van der Waals surface area contributed by atoms with Gasteiger partial charge in [0.2, 0.25) is 5.91 Å². The Morgan fingerprint density at radius 3 is 2.58 bits per heavy atom. The highest BCUT2D eigenvalue weighted by Crippen LogP contribution is 2.22. The summed E-state index contributed by atoms with van der Waals surface area (Å²) in [5.41, 5.74) is 1.81. The number of hydrogen-bond donors (Lipinski definition) is 2. The fourth-order valence-electron chi connectivity index (χ4n) is 2.11. The van der Waals surface area contributed by atoms with Crippen molar-refractivity contribution in [3.63, 3.8) is 0 Å². The Bertz CT molecular complexity index is 699. The summed E-state index contributed by atoms with van der Waals surface area (Å²) in [7, 11) is 0. The fourth-order valence-corrected chi connectivity index (χ4v) is 2.11. The quantitative estimate of drug-likeness (QED) is 0.757. The summed E-state index contributed by atoms with van der Waals surface area (Å²) in [6, 6.07) is 10.6. The number of nitrogens with zero attached hydrogens (tertiary/aromatic N) is 1. The van der Waals surface area contributed by atoms with E-state index in [-0.39, 0.29) is 11.9 Å². The predicted molar refractivity (Wildman–Crippen MR) is 93.5 cm³/mol. The Balaban J connectivity index is 2.09. The van der Waals surface area contributed by atoms with Crippen LogP contribution in [-0.2, 0) is 9.53 Å². The van der Waals surface area contributed by atoms with E-state index < -0.39 is 0 Å². The maximum Gasteiger partial charge on any atom is 0.340 e. The van der Waals surface area contributed by atoms with E-state index in [2.05, 4.69) is 15.6 Å². The predicted octanol–water partition coefficient (Wildman–Crippen LogP) is 3.74. The molecule has 0 radical (unpaired) electrons. The normalized spacial score (nSPS) is 10.1. The number of carbonyl (C=O) groups excluding carboxylic acids is 2. The van der Waals surface area contributed by atoms with Crippen molar-refractivity contribution in [3.05, 3.63) is 48.2 Å². The second kappa shape index (κ2) is 8.67. The van der Waals surface area contributed by atoms with Gasteiger partial charge in [-0.1, -0.05) is 19.1 Å². The van der Waals surface area contributed by atoms with Crippen LogP contribution in [0.4, 0.5) is 17.2 Å². The van der Waals surface area contributed by atoms with Gasteiger partial charge in [0.05, 0.1) is 29.7 Å². The number of para-hydroxylation sites is 1. The van der Waals surface area contributed by atoms with E-state index in [0.717, 1.165) is 6.42 Å². The molecular weight excluding hydrogens is 306 g/mol. The number of ether oxygens (including phenoxy) is 1. The van der Waals surface area contributed by atoms with Crippen molar-refractivity contribution >= 4 is 29.1 Å². The van der Waals surface area contributed by atoms with E-state index in [4.69, 9.17) is 4.74 Å². The summed E-state index contributed by atoms with van der Waals surface area (Å²) < 4.78 is 5.05. The Morgan fingerprint density at radius 2 is 1.92 bits per heavy atom. The van der Waals surface area contributed by atoms with Crippen LogP contribution < -0.4 is 10.6 Å². The minimum atomic E-state index is -0.378. The molecule has 126 valence electrons. The van der Waals surface area contributed by atoms with Gasteiger partial charge in [-0.3, -0.25) is 4.79 Å². The zero-order chi connectivity index (χ0) is 17.4. The summed E-state index contributed by atoms with van der Waals surface area (Å²) in [5, 5.41) is 5.87. The topological polar surface area (TPSA) is 80.3 Å². The van der Waals surface area contributed by atoms with Gasteiger partial charge in [-0.15, -0.1) is 0 Å². The first-order valence-corrected chi connectivity index (χ1v) is 7.93. The van der Waals surface area contributed by atoms with E-state index >= 15 is 0 Å². The average Bonchev–Trinajstić information content (AvgIpc) is 2.57. The molecule has 0 saturated carbocycles. The van der Waals surface area contributed by atoms with Gasteiger partial charge in [0.25, 0.3) is 0 Å². The zero-order valence-corrected chi connectivity index (χ0v) is 13.8. The summed E-state index contributed by atoms with van der Waals surface area (Å²) >= 11 is 0. The Morgan fingerprint density at radius 1 is 1.12 bits per heavy atom. The Kier molecular flexibility index (Phi) is 6.31. The first-order valence-electron chi connectivity index (χ1n) is 7.93. The van der Waals surface area contributed by atoms with Crippen LogP contribution in [0.3, 0.4) is 0 Å². The molecule has 1 aromatic heterocycles. The summed E-state index contributed by atoms with van der Waals surface area (Å²) in [6.07, 6.45) is 2.86. The molecule has 0 unspecified atom stereocenters. The number of hydrogen-bond acceptors (Lipinski definition) is 5. The third-order valence-electron chi connectivity index (χ3n) is 3.21. The molecule has 0 aliphatic heterocycles. The molecule has 0 atom stereocenters. The monoisotopic (exact) mass is 327 g/mol. The lowest BCUT2D eigenvalue weighted by Crippen LogP contribution is -2.11. The van der Waals surface area contributed by atoms with Crippen LogP contribution in [0.25, 0.3) is 0 Å². The van der Waals surface area contributed by atoms with E-state index in [0.29, 0.717) is 35.8 Å². The van der Waals surface area contributed by atoms with Crippen LogP contribution >= 0.6 is 0 Å². The van der Waals surface area contributed by atoms with Crippen LogP contribution in [0, 0.1) is 0 Å². The van der Waals surface area contributed by atoms with Crippen LogP contribution in [0.2, 0.25) is 0 Å². The summed E-state index contributed by atoms with van der Waals surface area (Å²) in [5.74, 6) is 0.0630. The van der Waals surface area contributed by atoms with Gasteiger partial charge in [0.1, 0.15) is 5.82 Å². The van der Waals surface area contributed by atoms with Crippen molar-refractivity contribution in [1.29, 1.82) is 0 Å². The van der Waals surface area contributed by atoms with Crippen molar-refractivity contribution in [2.75, 3.05) is 17.2 Å². The lowest BCUT2D eigenvalue weighted by atomic mass is 10.1. The van der Waals surface area contributed by atoms with Gasteiger partial charge in [-0.05, 0) is 37.6 Å².